The normalized spacial score (nSPS) is 10.9. The van der Waals surface area contributed by atoms with Gasteiger partial charge in [0.2, 0.25) is 5.91 Å². The van der Waals surface area contributed by atoms with Crippen molar-refractivity contribution in [3.05, 3.63) is 41.7 Å². The van der Waals surface area contributed by atoms with Crippen LogP contribution in [0.1, 0.15) is 31.7 Å². The van der Waals surface area contributed by atoms with E-state index >= 15 is 0 Å². The van der Waals surface area contributed by atoms with Gasteiger partial charge >= 0.3 is 0 Å². The summed E-state index contributed by atoms with van der Waals surface area (Å²) in [4.78, 5) is 11.5. The van der Waals surface area contributed by atoms with Crippen LogP contribution >= 0.6 is 0 Å². The molecule has 4 heteroatoms. The summed E-state index contributed by atoms with van der Waals surface area (Å²) < 4.78 is 18.3. The highest BCUT2D eigenvalue weighted by Gasteiger charge is 1.96. The summed E-state index contributed by atoms with van der Waals surface area (Å²) in [5, 5.41) is 2.76. The average Bonchev–Trinajstić information content (AvgIpc) is 2.44. The number of ether oxygens (including phenoxy) is 1. The van der Waals surface area contributed by atoms with Gasteiger partial charge in [0.1, 0.15) is 5.82 Å². The fourth-order valence-corrected chi connectivity index (χ4v) is 1.58. The molecule has 1 aromatic rings. The maximum absolute atomic E-state index is 12.9. The van der Waals surface area contributed by atoms with E-state index in [1.807, 2.05) is 0 Å². The maximum Gasteiger partial charge on any atom is 0.244 e. The van der Waals surface area contributed by atoms with E-state index in [1.165, 1.54) is 18.2 Å². The smallest absolute Gasteiger partial charge is 0.244 e. The lowest BCUT2D eigenvalue weighted by Crippen LogP contribution is -2.23. The van der Waals surface area contributed by atoms with Gasteiger partial charge in [-0.25, -0.2) is 4.39 Å². The molecule has 0 saturated carbocycles. The molecule has 1 rings (SSSR count). The van der Waals surface area contributed by atoms with Gasteiger partial charge in [-0.05, 0) is 36.6 Å². The van der Waals surface area contributed by atoms with Crippen LogP contribution in [-0.4, -0.2) is 25.7 Å². The van der Waals surface area contributed by atoms with Crippen LogP contribution in [0, 0.1) is 5.82 Å². The van der Waals surface area contributed by atoms with Crippen molar-refractivity contribution < 1.29 is 13.9 Å². The number of nitrogens with one attached hydrogen (secondary N) is 1. The Morgan fingerprint density at radius 3 is 2.90 bits per heavy atom. The van der Waals surface area contributed by atoms with Crippen molar-refractivity contribution in [2.75, 3.05) is 19.8 Å². The first-order valence-electron chi connectivity index (χ1n) is 7.01. The molecule has 0 aromatic heterocycles. The number of hydrogen-bond acceptors (Lipinski definition) is 2. The molecular formula is C16H22FNO2. The zero-order valence-corrected chi connectivity index (χ0v) is 11.9. The maximum atomic E-state index is 12.9. The van der Waals surface area contributed by atoms with Crippen molar-refractivity contribution in [3.8, 4) is 0 Å². The second kappa shape index (κ2) is 10.1. The Morgan fingerprint density at radius 2 is 2.15 bits per heavy atom. The van der Waals surface area contributed by atoms with Gasteiger partial charge in [0.05, 0.1) is 0 Å². The van der Waals surface area contributed by atoms with E-state index in [0.29, 0.717) is 18.7 Å². The molecule has 110 valence electrons. The molecule has 0 heterocycles. The summed E-state index contributed by atoms with van der Waals surface area (Å²) in [5.74, 6) is -0.486. The molecule has 20 heavy (non-hydrogen) atoms. The van der Waals surface area contributed by atoms with Gasteiger partial charge in [-0.15, -0.1) is 0 Å². The Balaban J connectivity index is 2.14. The molecule has 0 aliphatic rings. The Bertz CT molecular complexity index is 432. The van der Waals surface area contributed by atoms with Gasteiger partial charge in [0.15, 0.2) is 0 Å². The fourth-order valence-electron chi connectivity index (χ4n) is 1.58. The lowest BCUT2D eigenvalue weighted by Gasteiger charge is -2.04. The van der Waals surface area contributed by atoms with Crippen LogP contribution in [0.3, 0.4) is 0 Å². The van der Waals surface area contributed by atoms with Gasteiger partial charge in [-0.2, -0.15) is 0 Å². The number of carbonyl (C=O) groups excluding carboxylic acids is 1. The van der Waals surface area contributed by atoms with Gasteiger partial charge in [-0.3, -0.25) is 4.79 Å². The van der Waals surface area contributed by atoms with Crippen LogP contribution in [0.25, 0.3) is 6.08 Å². The summed E-state index contributed by atoms with van der Waals surface area (Å²) >= 11 is 0. The average molecular weight is 279 g/mol. The highest BCUT2D eigenvalue weighted by molar-refractivity contribution is 5.91. The molecule has 0 bridgehead atoms. The quantitative estimate of drug-likeness (QED) is 0.557. The first kappa shape index (κ1) is 16.4. The Kier molecular flexibility index (Phi) is 8.31. The zero-order valence-electron chi connectivity index (χ0n) is 11.9. The van der Waals surface area contributed by atoms with E-state index in [4.69, 9.17) is 4.74 Å². The minimum atomic E-state index is -0.309. The summed E-state index contributed by atoms with van der Waals surface area (Å²) in [5.41, 5.74) is 0.669. The van der Waals surface area contributed by atoms with Crippen molar-refractivity contribution >= 4 is 12.0 Å². The fraction of sp³-hybridized carbons (Fsp3) is 0.438. The highest BCUT2D eigenvalue weighted by Crippen LogP contribution is 2.04. The van der Waals surface area contributed by atoms with Gasteiger partial charge in [0.25, 0.3) is 0 Å². The summed E-state index contributed by atoms with van der Waals surface area (Å²) in [6, 6.07) is 6.11. The predicted molar refractivity (Wildman–Crippen MR) is 78.8 cm³/mol. The van der Waals surface area contributed by atoms with Crippen molar-refractivity contribution in [2.24, 2.45) is 0 Å². The van der Waals surface area contributed by atoms with Gasteiger partial charge in [-0.1, -0.05) is 25.5 Å². The number of carbonyl (C=O) groups is 1. The molecule has 1 aromatic carbocycles. The lowest BCUT2D eigenvalue weighted by atomic mass is 10.2. The SMILES string of the molecule is CCCCOCCCNC(=O)C=Cc1cccc(F)c1. The molecule has 1 N–H and O–H groups in total. The van der Waals surface area contributed by atoms with Gasteiger partial charge in [0, 0.05) is 25.8 Å². The van der Waals surface area contributed by atoms with E-state index in [-0.39, 0.29) is 11.7 Å². The van der Waals surface area contributed by atoms with Crippen LogP contribution < -0.4 is 5.32 Å². The summed E-state index contributed by atoms with van der Waals surface area (Å²) in [7, 11) is 0. The third kappa shape index (κ3) is 7.69. The number of halogens is 1. The van der Waals surface area contributed by atoms with E-state index in [0.717, 1.165) is 25.9 Å². The zero-order chi connectivity index (χ0) is 14.6. The molecule has 0 unspecified atom stereocenters. The van der Waals surface area contributed by atoms with Crippen molar-refractivity contribution in [3.63, 3.8) is 0 Å². The number of unbranched alkanes of at least 4 members (excludes halogenated alkanes) is 1. The molecule has 0 radical (unpaired) electrons. The lowest BCUT2D eigenvalue weighted by molar-refractivity contribution is -0.116. The molecule has 0 saturated heterocycles. The van der Waals surface area contributed by atoms with E-state index in [9.17, 15) is 9.18 Å². The first-order chi connectivity index (χ1) is 9.72. The standard InChI is InChI=1S/C16H22FNO2/c1-2-3-11-20-12-5-10-18-16(19)9-8-14-6-4-7-15(17)13-14/h4,6-9,13H,2-3,5,10-12H2,1H3,(H,18,19). The predicted octanol–water partition coefficient (Wildman–Crippen LogP) is 3.16. The molecule has 0 aliphatic heterocycles. The third-order valence-electron chi connectivity index (χ3n) is 2.68. The minimum absolute atomic E-state index is 0.178. The van der Waals surface area contributed by atoms with E-state index in [2.05, 4.69) is 12.2 Å². The first-order valence-corrected chi connectivity index (χ1v) is 7.01. The van der Waals surface area contributed by atoms with Crippen molar-refractivity contribution in [1.29, 1.82) is 0 Å². The highest BCUT2D eigenvalue weighted by atomic mass is 19.1. The van der Waals surface area contributed by atoms with Crippen LogP contribution in [0.4, 0.5) is 4.39 Å². The van der Waals surface area contributed by atoms with Crippen LogP contribution in [0.2, 0.25) is 0 Å². The van der Waals surface area contributed by atoms with Gasteiger partial charge < -0.3 is 10.1 Å². The van der Waals surface area contributed by atoms with Crippen LogP contribution in [-0.2, 0) is 9.53 Å². The second-order valence-corrected chi connectivity index (χ2v) is 4.50. The molecule has 1 amide bonds. The summed E-state index contributed by atoms with van der Waals surface area (Å²) in [6.45, 7) is 4.14. The molecular weight excluding hydrogens is 257 g/mol. The van der Waals surface area contributed by atoms with Crippen LogP contribution in [0.15, 0.2) is 30.3 Å². The second-order valence-electron chi connectivity index (χ2n) is 4.50. The minimum Gasteiger partial charge on any atom is -0.381 e. The topological polar surface area (TPSA) is 38.3 Å². The van der Waals surface area contributed by atoms with Crippen LogP contribution in [0.5, 0.6) is 0 Å². The number of rotatable bonds is 9. The van der Waals surface area contributed by atoms with E-state index in [1.54, 1.807) is 18.2 Å². The Morgan fingerprint density at radius 1 is 1.35 bits per heavy atom. The number of hydrogen-bond donors (Lipinski definition) is 1. The van der Waals surface area contributed by atoms with Crippen molar-refractivity contribution in [1.82, 2.24) is 5.32 Å². The molecule has 0 fully saturated rings. The molecule has 0 spiro atoms. The van der Waals surface area contributed by atoms with Crippen molar-refractivity contribution in [2.45, 2.75) is 26.2 Å². The Hall–Kier alpha value is -1.68. The molecule has 3 nitrogen and oxygen atoms in total. The molecule has 0 atom stereocenters. The third-order valence-corrected chi connectivity index (χ3v) is 2.68. The molecule has 0 aliphatic carbocycles. The largest absolute Gasteiger partial charge is 0.381 e. The summed E-state index contributed by atoms with van der Waals surface area (Å²) in [6.07, 6.45) is 6.00. The number of benzene rings is 1. The Labute approximate surface area is 119 Å². The van der Waals surface area contributed by atoms with E-state index < -0.39 is 0 Å². The number of amides is 1. The monoisotopic (exact) mass is 279 g/mol.